The van der Waals surface area contributed by atoms with Gasteiger partial charge in [0.1, 0.15) is 5.03 Å². The monoisotopic (exact) mass is 309 g/mol. The highest BCUT2D eigenvalue weighted by atomic mass is 32.2. The first-order valence-corrected chi connectivity index (χ1v) is 9.35. The summed E-state index contributed by atoms with van der Waals surface area (Å²) in [5, 5.41) is 7.57. The van der Waals surface area contributed by atoms with E-state index in [2.05, 4.69) is 35.1 Å². The van der Waals surface area contributed by atoms with Gasteiger partial charge in [0, 0.05) is 23.4 Å². The van der Waals surface area contributed by atoms with E-state index in [4.69, 9.17) is 4.98 Å². The zero-order chi connectivity index (χ0) is 13.9. The number of aromatic nitrogens is 2. The van der Waals surface area contributed by atoms with Gasteiger partial charge < -0.3 is 5.32 Å². The number of thioether (sulfide) groups is 1. The van der Waals surface area contributed by atoms with Crippen molar-refractivity contribution in [3.05, 3.63) is 17.3 Å². The first-order chi connectivity index (χ1) is 9.78. The summed E-state index contributed by atoms with van der Waals surface area (Å²) in [5.41, 5.74) is 1.34. The summed E-state index contributed by atoms with van der Waals surface area (Å²) in [7, 11) is 0. The zero-order valence-electron chi connectivity index (χ0n) is 12.3. The number of fused-ring (bicyclic) bond motifs is 1. The Balaban J connectivity index is 1.80. The van der Waals surface area contributed by atoms with Crippen LogP contribution < -0.4 is 5.32 Å². The van der Waals surface area contributed by atoms with Gasteiger partial charge in [0.25, 0.3) is 0 Å². The molecular weight excluding hydrogens is 286 g/mol. The molecule has 2 heterocycles. The average Bonchev–Trinajstić information content (AvgIpc) is 2.98. The quantitative estimate of drug-likeness (QED) is 0.898. The lowest BCUT2D eigenvalue weighted by Crippen LogP contribution is -2.17. The molecule has 20 heavy (non-hydrogen) atoms. The van der Waals surface area contributed by atoms with E-state index in [0.29, 0.717) is 0 Å². The van der Waals surface area contributed by atoms with E-state index < -0.39 is 0 Å². The smallest absolute Gasteiger partial charge is 0.194 e. The third-order valence-electron chi connectivity index (χ3n) is 4.03. The lowest BCUT2D eigenvalue weighted by atomic mass is 9.91. The summed E-state index contributed by atoms with van der Waals surface area (Å²) >= 11 is 3.74. The average molecular weight is 310 g/mol. The summed E-state index contributed by atoms with van der Waals surface area (Å²) < 4.78 is 2.25. The topological polar surface area (TPSA) is 29.3 Å². The first-order valence-electron chi connectivity index (χ1n) is 7.59. The van der Waals surface area contributed by atoms with Crippen molar-refractivity contribution in [1.82, 2.24) is 14.7 Å². The lowest BCUT2D eigenvalue weighted by molar-refractivity contribution is 0.394. The Labute approximate surface area is 129 Å². The Hall–Kier alpha value is -0.520. The molecular formula is C15H23N3S2. The standard InChI is InChI=1S/C15H23N3S2/c1-3-16-10-13-14(17-15-18(13)7-8-19-15)20-12-6-4-5-11(2)9-12/h7-8,11-12,16H,3-6,9-10H2,1-2H3. The summed E-state index contributed by atoms with van der Waals surface area (Å²) in [6, 6.07) is 0. The fourth-order valence-electron chi connectivity index (χ4n) is 2.95. The van der Waals surface area contributed by atoms with Crippen LogP contribution >= 0.6 is 23.1 Å². The van der Waals surface area contributed by atoms with E-state index in [9.17, 15) is 0 Å². The number of rotatable bonds is 5. The Morgan fingerprint density at radius 1 is 1.50 bits per heavy atom. The Morgan fingerprint density at radius 3 is 3.20 bits per heavy atom. The maximum Gasteiger partial charge on any atom is 0.194 e. The molecule has 0 spiro atoms. The molecule has 0 saturated heterocycles. The Bertz CT molecular complexity index is 560. The van der Waals surface area contributed by atoms with E-state index in [1.165, 1.54) is 36.4 Å². The van der Waals surface area contributed by atoms with Gasteiger partial charge in [-0.15, -0.1) is 23.1 Å². The highest BCUT2D eigenvalue weighted by molar-refractivity contribution is 7.99. The van der Waals surface area contributed by atoms with Gasteiger partial charge in [-0.25, -0.2) is 4.98 Å². The van der Waals surface area contributed by atoms with Crippen molar-refractivity contribution < 1.29 is 0 Å². The molecule has 110 valence electrons. The maximum atomic E-state index is 4.85. The molecule has 3 nitrogen and oxygen atoms in total. The predicted octanol–water partition coefficient (Wildman–Crippen LogP) is 4.18. The maximum absolute atomic E-state index is 4.85. The summed E-state index contributed by atoms with van der Waals surface area (Å²) in [6.45, 7) is 6.46. The van der Waals surface area contributed by atoms with Gasteiger partial charge >= 0.3 is 0 Å². The summed E-state index contributed by atoms with van der Waals surface area (Å²) in [6.07, 6.45) is 7.62. The van der Waals surface area contributed by atoms with Crippen molar-refractivity contribution in [2.75, 3.05) is 6.54 Å². The van der Waals surface area contributed by atoms with Crippen molar-refractivity contribution >= 4 is 28.1 Å². The van der Waals surface area contributed by atoms with Crippen molar-refractivity contribution in [2.45, 2.75) is 56.4 Å². The molecule has 1 saturated carbocycles. The number of nitrogens with zero attached hydrogens (tertiary/aromatic N) is 2. The number of hydrogen-bond acceptors (Lipinski definition) is 4. The van der Waals surface area contributed by atoms with Crippen LogP contribution in [0.5, 0.6) is 0 Å². The second-order valence-electron chi connectivity index (χ2n) is 5.71. The van der Waals surface area contributed by atoms with Crippen LogP contribution in [0.2, 0.25) is 0 Å². The molecule has 1 aliphatic rings. The number of imidazole rings is 1. The molecule has 2 unspecified atom stereocenters. The van der Waals surface area contributed by atoms with Gasteiger partial charge in [0.2, 0.25) is 0 Å². The van der Waals surface area contributed by atoms with Crippen LogP contribution in [0.1, 0.15) is 45.2 Å². The molecule has 5 heteroatoms. The van der Waals surface area contributed by atoms with Crippen molar-refractivity contribution in [2.24, 2.45) is 5.92 Å². The third-order valence-corrected chi connectivity index (χ3v) is 6.10. The van der Waals surface area contributed by atoms with Crippen LogP contribution in [0.4, 0.5) is 0 Å². The Kier molecular flexibility index (Phi) is 4.68. The van der Waals surface area contributed by atoms with E-state index >= 15 is 0 Å². The first kappa shape index (κ1) is 14.4. The van der Waals surface area contributed by atoms with Gasteiger partial charge in [-0.2, -0.15) is 0 Å². The molecule has 0 bridgehead atoms. The molecule has 0 aliphatic heterocycles. The molecule has 1 fully saturated rings. The normalized spacial score (nSPS) is 23.5. The van der Waals surface area contributed by atoms with Gasteiger partial charge in [-0.3, -0.25) is 4.40 Å². The van der Waals surface area contributed by atoms with Crippen molar-refractivity contribution in [3.8, 4) is 0 Å². The van der Waals surface area contributed by atoms with Gasteiger partial charge in [-0.05, 0) is 25.3 Å². The predicted molar refractivity (Wildman–Crippen MR) is 87.7 cm³/mol. The summed E-state index contributed by atoms with van der Waals surface area (Å²) in [4.78, 5) is 5.98. The van der Waals surface area contributed by atoms with Crippen molar-refractivity contribution in [1.29, 1.82) is 0 Å². The molecule has 1 N–H and O–H groups in total. The molecule has 0 amide bonds. The van der Waals surface area contributed by atoms with E-state index in [1.807, 2.05) is 11.8 Å². The van der Waals surface area contributed by atoms with Crippen LogP contribution in [0, 0.1) is 5.92 Å². The van der Waals surface area contributed by atoms with Crippen LogP contribution in [-0.2, 0) is 6.54 Å². The number of thiazole rings is 1. The Morgan fingerprint density at radius 2 is 2.40 bits per heavy atom. The molecule has 0 aromatic carbocycles. The number of hydrogen-bond donors (Lipinski definition) is 1. The molecule has 3 rings (SSSR count). The third kappa shape index (κ3) is 3.05. The SMILES string of the molecule is CCNCc1c(SC2CCCC(C)C2)nc2sccn12. The molecule has 0 radical (unpaired) electrons. The second kappa shape index (κ2) is 6.50. The molecule has 2 aromatic rings. The molecule has 2 aromatic heterocycles. The minimum Gasteiger partial charge on any atom is -0.311 e. The minimum atomic E-state index is 0.753. The highest BCUT2D eigenvalue weighted by Crippen LogP contribution is 2.37. The van der Waals surface area contributed by atoms with Crippen LogP contribution in [-0.4, -0.2) is 21.2 Å². The molecule has 1 aliphatic carbocycles. The minimum absolute atomic E-state index is 0.753. The van der Waals surface area contributed by atoms with Crippen LogP contribution in [0.25, 0.3) is 4.96 Å². The summed E-state index contributed by atoms with van der Waals surface area (Å²) in [5.74, 6) is 0.877. The zero-order valence-corrected chi connectivity index (χ0v) is 13.9. The fraction of sp³-hybridized carbons (Fsp3) is 0.667. The van der Waals surface area contributed by atoms with Crippen LogP contribution in [0.3, 0.4) is 0 Å². The van der Waals surface area contributed by atoms with E-state index in [-0.39, 0.29) is 0 Å². The van der Waals surface area contributed by atoms with Crippen LogP contribution in [0.15, 0.2) is 16.6 Å². The van der Waals surface area contributed by atoms with Gasteiger partial charge in [0.15, 0.2) is 4.96 Å². The van der Waals surface area contributed by atoms with E-state index in [1.54, 1.807) is 11.3 Å². The fourth-order valence-corrected chi connectivity index (χ4v) is 5.22. The van der Waals surface area contributed by atoms with Gasteiger partial charge in [0.05, 0.1) is 5.69 Å². The van der Waals surface area contributed by atoms with E-state index in [0.717, 1.165) is 29.2 Å². The lowest BCUT2D eigenvalue weighted by Gasteiger charge is -2.25. The molecule has 2 atom stereocenters. The largest absolute Gasteiger partial charge is 0.311 e. The van der Waals surface area contributed by atoms with Gasteiger partial charge in [-0.1, -0.05) is 26.7 Å². The number of nitrogens with one attached hydrogen (secondary N) is 1. The van der Waals surface area contributed by atoms with Crippen molar-refractivity contribution in [3.63, 3.8) is 0 Å². The highest BCUT2D eigenvalue weighted by Gasteiger charge is 2.23. The second-order valence-corrected chi connectivity index (χ2v) is 7.87.